The van der Waals surface area contributed by atoms with Crippen LogP contribution in [0.25, 0.3) is 0 Å². The molecule has 0 saturated carbocycles. The lowest BCUT2D eigenvalue weighted by Gasteiger charge is -2.08. The molecule has 0 radical (unpaired) electrons. The van der Waals surface area contributed by atoms with Crippen molar-refractivity contribution in [3.8, 4) is 11.5 Å². The molecule has 1 aromatic heterocycles. The lowest BCUT2D eigenvalue weighted by atomic mass is 10.2. The highest BCUT2D eigenvalue weighted by molar-refractivity contribution is 5.95. The summed E-state index contributed by atoms with van der Waals surface area (Å²) >= 11 is 0. The summed E-state index contributed by atoms with van der Waals surface area (Å²) < 4.78 is 5.57. The molecule has 4 N–H and O–H groups in total. The number of hydrogen-bond acceptors (Lipinski definition) is 4. The summed E-state index contributed by atoms with van der Waals surface area (Å²) in [5.41, 5.74) is 11.8. The number of primary amides is 1. The van der Waals surface area contributed by atoms with E-state index >= 15 is 0 Å². The van der Waals surface area contributed by atoms with Gasteiger partial charge in [0.1, 0.15) is 11.5 Å². The number of para-hydroxylation sites is 1. The summed E-state index contributed by atoms with van der Waals surface area (Å²) in [6.45, 7) is 0.373. The quantitative estimate of drug-likeness (QED) is 0.849. The van der Waals surface area contributed by atoms with Crippen LogP contribution >= 0.6 is 0 Å². The third kappa shape index (κ3) is 2.64. The molecule has 18 heavy (non-hydrogen) atoms. The number of nitrogens with zero attached hydrogens (tertiary/aromatic N) is 1. The summed E-state index contributed by atoms with van der Waals surface area (Å²) in [6, 6.07) is 10.3. The fourth-order valence-electron chi connectivity index (χ4n) is 1.48. The van der Waals surface area contributed by atoms with E-state index in [1.807, 2.05) is 0 Å². The van der Waals surface area contributed by atoms with Crippen molar-refractivity contribution < 1.29 is 9.53 Å². The van der Waals surface area contributed by atoms with Crippen LogP contribution in [0.3, 0.4) is 0 Å². The Morgan fingerprint density at radius 1 is 1.22 bits per heavy atom. The Morgan fingerprint density at radius 3 is 2.61 bits per heavy atom. The van der Waals surface area contributed by atoms with Crippen LogP contribution in [-0.2, 0) is 6.54 Å². The van der Waals surface area contributed by atoms with Gasteiger partial charge < -0.3 is 16.2 Å². The molecule has 5 heteroatoms. The van der Waals surface area contributed by atoms with Crippen molar-refractivity contribution in [3.63, 3.8) is 0 Å². The molecule has 0 aliphatic heterocycles. The van der Waals surface area contributed by atoms with Gasteiger partial charge in [0.25, 0.3) is 5.91 Å². The molecule has 0 aliphatic carbocycles. The molecule has 92 valence electrons. The van der Waals surface area contributed by atoms with Crippen molar-refractivity contribution in [1.82, 2.24) is 4.98 Å². The average Bonchev–Trinajstić information content (AvgIpc) is 2.40. The van der Waals surface area contributed by atoms with Crippen LogP contribution in [0.15, 0.2) is 42.6 Å². The summed E-state index contributed by atoms with van der Waals surface area (Å²) in [7, 11) is 0. The second kappa shape index (κ2) is 5.29. The van der Waals surface area contributed by atoms with E-state index in [0.717, 1.165) is 5.69 Å². The minimum Gasteiger partial charge on any atom is -0.455 e. The Hall–Kier alpha value is -2.40. The number of pyridine rings is 1. The Balaban J connectivity index is 2.25. The zero-order valence-electron chi connectivity index (χ0n) is 9.67. The van der Waals surface area contributed by atoms with Gasteiger partial charge in [-0.25, -0.2) is 0 Å². The first-order valence-electron chi connectivity index (χ1n) is 5.42. The number of amides is 1. The molecule has 2 aromatic rings. The maximum absolute atomic E-state index is 11.2. The van der Waals surface area contributed by atoms with Crippen molar-refractivity contribution in [2.45, 2.75) is 6.54 Å². The maximum atomic E-state index is 11.2. The molecule has 1 aromatic carbocycles. The van der Waals surface area contributed by atoms with Crippen molar-refractivity contribution in [2.75, 3.05) is 0 Å². The molecule has 2 rings (SSSR count). The lowest BCUT2D eigenvalue weighted by Crippen LogP contribution is -2.12. The first kappa shape index (κ1) is 12.1. The van der Waals surface area contributed by atoms with Crippen molar-refractivity contribution in [3.05, 3.63) is 53.9 Å². The van der Waals surface area contributed by atoms with Crippen LogP contribution in [-0.4, -0.2) is 10.9 Å². The van der Waals surface area contributed by atoms with Gasteiger partial charge in [0.2, 0.25) is 0 Å². The third-order valence-corrected chi connectivity index (χ3v) is 2.39. The van der Waals surface area contributed by atoms with E-state index in [0.29, 0.717) is 23.6 Å². The summed E-state index contributed by atoms with van der Waals surface area (Å²) in [5, 5.41) is 0. The molecule has 0 bridgehead atoms. The molecule has 5 nitrogen and oxygen atoms in total. The first-order chi connectivity index (χ1) is 8.70. The number of hydrogen-bond donors (Lipinski definition) is 2. The van der Waals surface area contributed by atoms with E-state index in [1.165, 1.54) is 0 Å². The molecular weight excluding hydrogens is 230 g/mol. The van der Waals surface area contributed by atoms with Gasteiger partial charge in [0.05, 0.1) is 17.5 Å². The molecule has 0 fully saturated rings. The van der Waals surface area contributed by atoms with E-state index in [-0.39, 0.29) is 0 Å². The Labute approximate surface area is 104 Å². The van der Waals surface area contributed by atoms with Crippen LogP contribution in [0, 0.1) is 0 Å². The second-order valence-corrected chi connectivity index (χ2v) is 3.65. The van der Waals surface area contributed by atoms with Crippen molar-refractivity contribution in [1.29, 1.82) is 0 Å². The van der Waals surface area contributed by atoms with Crippen LogP contribution in [0.4, 0.5) is 0 Å². The van der Waals surface area contributed by atoms with Gasteiger partial charge in [-0.2, -0.15) is 0 Å². The topological polar surface area (TPSA) is 91.2 Å². The fourth-order valence-corrected chi connectivity index (χ4v) is 1.48. The van der Waals surface area contributed by atoms with Gasteiger partial charge in [-0.15, -0.1) is 0 Å². The summed E-state index contributed by atoms with van der Waals surface area (Å²) in [4.78, 5) is 15.3. The van der Waals surface area contributed by atoms with Crippen LogP contribution in [0.2, 0.25) is 0 Å². The van der Waals surface area contributed by atoms with E-state index < -0.39 is 5.91 Å². The SMILES string of the molecule is NCc1ccc(Oc2ccccc2C(N)=O)cn1. The highest BCUT2D eigenvalue weighted by Gasteiger charge is 2.09. The number of carbonyl (C=O) groups excluding carboxylic acids is 1. The van der Waals surface area contributed by atoms with Gasteiger partial charge in [0, 0.05) is 6.54 Å². The first-order valence-corrected chi connectivity index (χ1v) is 5.42. The number of benzene rings is 1. The highest BCUT2D eigenvalue weighted by atomic mass is 16.5. The number of nitrogens with two attached hydrogens (primary N) is 2. The monoisotopic (exact) mass is 243 g/mol. The molecular formula is C13H13N3O2. The highest BCUT2D eigenvalue weighted by Crippen LogP contribution is 2.24. The molecule has 0 aliphatic rings. The Kier molecular flexibility index (Phi) is 3.54. The number of carbonyl (C=O) groups is 1. The lowest BCUT2D eigenvalue weighted by molar-refractivity contribution is 0.0998. The van der Waals surface area contributed by atoms with Gasteiger partial charge in [-0.1, -0.05) is 12.1 Å². The van der Waals surface area contributed by atoms with E-state index in [2.05, 4.69) is 4.98 Å². The summed E-state index contributed by atoms with van der Waals surface area (Å²) in [5.74, 6) is 0.408. The Bertz CT molecular complexity index is 552. The standard InChI is InChI=1S/C13H13N3O2/c14-7-9-5-6-10(8-16-9)18-12-4-2-1-3-11(12)13(15)17/h1-6,8H,7,14H2,(H2,15,17). The van der Waals surface area contributed by atoms with E-state index in [9.17, 15) is 4.79 Å². The molecule has 0 atom stereocenters. The van der Waals surface area contributed by atoms with Crippen LogP contribution in [0.1, 0.15) is 16.1 Å². The smallest absolute Gasteiger partial charge is 0.252 e. The van der Waals surface area contributed by atoms with Gasteiger partial charge >= 0.3 is 0 Å². The molecule has 1 heterocycles. The van der Waals surface area contributed by atoms with Crippen LogP contribution < -0.4 is 16.2 Å². The van der Waals surface area contributed by atoms with Gasteiger partial charge in [-0.05, 0) is 24.3 Å². The van der Waals surface area contributed by atoms with Gasteiger partial charge in [-0.3, -0.25) is 9.78 Å². The predicted molar refractivity (Wildman–Crippen MR) is 67.2 cm³/mol. The van der Waals surface area contributed by atoms with Crippen LogP contribution in [0.5, 0.6) is 11.5 Å². The number of rotatable bonds is 4. The Morgan fingerprint density at radius 2 is 2.00 bits per heavy atom. The summed E-state index contributed by atoms with van der Waals surface area (Å²) in [6.07, 6.45) is 1.56. The van der Waals surface area contributed by atoms with Crippen molar-refractivity contribution in [2.24, 2.45) is 11.5 Å². The van der Waals surface area contributed by atoms with Gasteiger partial charge in [0.15, 0.2) is 0 Å². The zero-order valence-corrected chi connectivity index (χ0v) is 9.67. The number of aromatic nitrogens is 1. The minimum atomic E-state index is -0.530. The zero-order chi connectivity index (χ0) is 13.0. The molecule has 1 amide bonds. The second-order valence-electron chi connectivity index (χ2n) is 3.65. The third-order valence-electron chi connectivity index (χ3n) is 2.39. The average molecular weight is 243 g/mol. The fraction of sp³-hybridized carbons (Fsp3) is 0.0769. The molecule has 0 unspecified atom stereocenters. The largest absolute Gasteiger partial charge is 0.455 e. The normalized spacial score (nSPS) is 10.1. The molecule has 0 spiro atoms. The van der Waals surface area contributed by atoms with E-state index in [1.54, 1.807) is 42.6 Å². The predicted octanol–water partition coefficient (Wildman–Crippen LogP) is 1.43. The van der Waals surface area contributed by atoms with E-state index in [4.69, 9.17) is 16.2 Å². The molecule has 0 saturated heterocycles. The minimum absolute atomic E-state index is 0.334. The maximum Gasteiger partial charge on any atom is 0.252 e. The van der Waals surface area contributed by atoms with Crippen molar-refractivity contribution >= 4 is 5.91 Å². The number of ether oxygens (including phenoxy) is 1.